The first kappa shape index (κ1) is 21.4. The van der Waals surface area contributed by atoms with Crippen LogP contribution in [0.2, 0.25) is 0 Å². The second-order valence-corrected chi connectivity index (χ2v) is 6.92. The predicted octanol–water partition coefficient (Wildman–Crippen LogP) is 5.05. The molecule has 33 heavy (non-hydrogen) atoms. The van der Waals surface area contributed by atoms with Crippen LogP contribution in [0.25, 0.3) is 0 Å². The van der Waals surface area contributed by atoms with Gasteiger partial charge >= 0.3 is 5.97 Å². The molecule has 164 valence electrons. The molecule has 0 atom stereocenters. The summed E-state index contributed by atoms with van der Waals surface area (Å²) in [5, 5.41) is 17.6. The molecular formula is C24H18FN5O3. The van der Waals surface area contributed by atoms with Crippen LogP contribution < -0.4 is 16.0 Å². The summed E-state index contributed by atoms with van der Waals surface area (Å²) in [7, 11) is 0. The number of halogens is 1. The van der Waals surface area contributed by atoms with Crippen LogP contribution in [0, 0.1) is 5.82 Å². The van der Waals surface area contributed by atoms with E-state index in [9.17, 15) is 14.0 Å². The lowest BCUT2D eigenvalue weighted by atomic mass is 10.2. The van der Waals surface area contributed by atoms with E-state index in [1.165, 1.54) is 12.1 Å². The van der Waals surface area contributed by atoms with E-state index in [0.29, 0.717) is 22.6 Å². The fourth-order valence-corrected chi connectivity index (χ4v) is 2.94. The van der Waals surface area contributed by atoms with Crippen LogP contribution in [0.5, 0.6) is 0 Å². The van der Waals surface area contributed by atoms with Crippen molar-refractivity contribution in [3.05, 3.63) is 102 Å². The number of benzene rings is 3. The Bertz CT molecular complexity index is 1300. The summed E-state index contributed by atoms with van der Waals surface area (Å²) in [5.41, 5.74) is 2.18. The Balaban J connectivity index is 1.46. The number of aromatic carboxylic acids is 1. The summed E-state index contributed by atoms with van der Waals surface area (Å²) in [4.78, 5) is 31.5. The number of nitrogens with one attached hydrogen (secondary N) is 3. The van der Waals surface area contributed by atoms with Crippen molar-refractivity contribution in [2.75, 3.05) is 16.0 Å². The number of hydrogen-bond acceptors (Lipinski definition) is 6. The van der Waals surface area contributed by atoms with E-state index in [4.69, 9.17) is 5.11 Å². The third-order valence-electron chi connectivity index (χ3n) is 4.55. The molecule has 4 N–H and O–H groups in total. The summed E-state index contributed by atoms with van der Waals surface area (Å²) >= 11 is 0. The average molecular weight is 443 g/mol. The molecule has 1 heterocycles. The highest BCUT2D eigenvalue weighted by molar-refractivity contribution is 6.04. The monoisotopic (exact) mass is 443 g/mol. The van der Waals surface area contributed by atoms with Crippen LogP contribution in [-0.4, -0.2) is 27.0 Å². The van der Waals surface area contributed by atoms with E-state index in [1.807, 2.05) is 18.2 Å². The van der Waals surface area contributed by atoms with Gasteiger partial charge in [0.05, 0.1) is 11.8 Å². The van der Waals surface area contributed by atoms with Crippen LogP contribution in [-0.2, 0) is 0 Å². The molecule has 0 aliphatic carbocycles. The van der Waals surface area contributed by atoms with Crippen molar-refractivity contribution in [2.45, 2.75) is 0 Å². The highest BCUT2D eigenvalue weighted by atomic mass is 19.1. The van der Waals surface area contributed by atoms with Gasteiger partial charge in [0.2, 0.25) is 5.95 Å². The zero-order chi connectivity index (χ0) is 23.2. The SMILES string of the molecule is O=C(O)c1cccc(Nc2ncc(F)c(Nc3ccc(C(=O)Nc4ccccc4)cc3)n2)c1. The van der Waals surface area contributed by atoms with Crippen molar-refractivity contribution in [3.8, 4) is 0 Å². The van der Waals surface area contributed by atoms with Crippen LogP contribution in [0.1, 0.15) is 20.7 Å². The molecule has 3 aromatic carbocycles. The molecule has 4 aromatic rings. The lowest BCUT2D eigenvalue weighted by Gasteiger charge is -2.10. The van der Waals surface area contributed by atoms with Gasteiger partial charge in [0.25, 0.3) is 5.91 Å². The second-order valence-electron chi connectivity index (χ2n) is 6.92. The topological polar surface area (TPSA) is 116 Å². The van der Waals surface area contributed by atoms with Gasteiger partial charge in [0, 0.05) is 22.6 Å². The quantitative estimate of drug-likeness (QED) is 0.316. The standard InChI is InChI=1S/C24H18FN5O3/c25-20-14-26-24(29-19-8-4-5-16(13-19)23(32)33)30-21(20)27-18-11-9-15(10-12-18)22(31)28-17-6-2-1-3-7-17/h1-14H,(H,28,31)(H,32,33)(H2,26,27,29,30). The number of anilines is 5. The smallest absolute Gasteiger partial charge is 0.335 e. The first-order valence-electron chi connectivity index (χ1n) is 9.84. The van der Waals surface area contributed by atoms with E-state index in [2.05, 4.69) is 25.9 Å². The van der Waals surface area contributed by atoms with Gasteiger partial charge in [-0.25, -0.2) is 14.2 Å². The van der Waals surface area contributed by atoms with Crippen LogP contribution >= 0.6 is 0 Å². The van der Waals surface area contributed by atoms with Gasteiger partial charge in [-0.1, -0.05) is 24.3 Å². The predicted molar refractivity (Wildman–Crippen MR) is 123 cm³/mol. The molecule has 0 saturated heterocycles. The number of aromatic nitrogens is 2. The van der Waals surface area contributed by atoms with E-state index < -0.39 is 11.8 Å². The maximum atomic E-state index is 14.3. The molecule has 0 aliphatic rings. The van der Waals surface area contributed by atoms with Gasteiger partial charge in [-0.05, 0) is 54.6 Å². The van der Waals surface area contributed by atoms with Crippen LogP contribution in [0.4, 0.5) is 33.2 Å². The number of carboxylic acid groups (broad SMARTS) is 1. The maximum Gasteiger partial charge on any atom is 0.335 e. The number of para-hydroxylation sites is 1. The summed E-state index contributed by atoms with van der Waals surface area (Å²) in [6.45, 7) is 0. The Morgan fingerprint density at radius 2 is 1.52 bits per heavy atom. The van der Waals surface area contributed by atoms with E-state index in [1.54, 1.807) is 48.5 Å². The van der Waals surface area contributed by atoms with Gasteiger partial charge in [0.15, 0.2) is 11.6 Å². The first-order valence-corrected chi connectivity index (χ1v) is 9.84. The molecule has 0 saturated carbocycles. The van der Waals surface area contributed by atoms with Crippen LogP contribution in [0.15, 0.2) is 85.1 Å². The first-order chi connectivity index (χ1) is 16.0. The molecule has 1 aromatic heterocycles. The summed E-state index contributed by atoms with van der Waals surface area (Å²) in [6, 6.07) is 21.6. The van der Waals surface area contributed by atoms with E-state index >= 15 is 0 Å². The minimum absolute atomic E-state index is 0.0802. The van der Waals surface area contributed by atoms with Crippen LogP contribution in [0.3, 0.4) is 0 Å². The van der Waals surface area contributed by atoms with Gasteiger partial charge in [-0.3, -0.25) is 4.79 Å². The Kier molecular flexibility index (Phi) is 6.21. The number of nitrogens with zero attached hydrogens (tertiary/aromatic N) is 2. The minimum atomic E-state index is -1.07. The van der Waals surface area contributed by atoms with Crippen molar-refractivity contribution in [1.82, 2.24) is 9.97 Å². The molecular weight excluding hydrogens is 425 g/mol. The largest absolute Gasteiger partial charge is 0.478 e. The molecule has 0 unspecified atom stereocenters. The van der Waals surface area contributed by atoms with Gasteiger partial charge in [-0.15, -0.1) is 0 Å². The Morgan fingerprint density at radius 1 is 0.788 bits per heavy atom. The Morgan fingerprint density at radius 3 is 2.24 bits per heavy atom. The number of amides is 1. The molecule has 8 nitrogen and oxygen atoms in total. The highest BCUT2D eigenvalue weighted by Gasteiger charge is 2.11. The molecule has 4 rings (SSSR count). The Hall–Kier alpha value is -4.79. The highest BCUT2D eigenvalue weighted by Crippen LogP contribution is 2.21. The van der Waals surface area contributed by atoms with Crippen molar-refractivity contribution < 1.29 is 19.1 Å². The molecule has 0 radical (unpaired) electrons. The molecule has 0 spiro atoms. The number of carbonyl (C=O) groups excluding carboxylic acids is 1. The molecule has 1 amide bonds. The third kappa shape index (κ3) is 5.47. The molecule has 0 aliphatic heterocycles. The molecule has 0 bridgehead atoms. The van der Waals surface area contributed by atoms with E-state index in [0.717, 1.165) is 6.20 Å². The lowest BCUT2D eigenvalue weighted by molar-refractivity contribution is 0.0696. The van der Waals surface area contributed by atoms with Crippen molar-refractivity contribution in [1.29, 1.82) is 0 Å². The number of rotatable bonds is 7. The summed E-state index contributed by atoms with van der Waals surface area (Å²) in [5.74, 6) is -2.01. The number of carboxylic acids is 1. The number of carbonyl (C=O) groups is 2. The molecule has 0 fully saturated rings. The zero-order valence-electron chi connectivity index (χ0n) is 17.1. The Labute approximate surface area is 188 Å². The zero-order valence-corrected chi connectivity index (χ0v) is 17.1. The maximum absolute atomic E-state index is 14.3. The van der Waals surface area contributed by atoms with Crippen molar-refractivity contribution in [3.63, 3.8) is 0 Å². The fraction of sp³-hybridized carbons (Fsp3) is 0. The van der Waals surface area contributed by atoms with Crippen molar-refractivity contribution >= 4 is 40.7 Å². The summed E-state index contributed by atoms with van der Waals surface area (Å²) < 4.78 is 14.3. The fourth-order valence-electron chi connectivity index (χ4n) is 2.94. The lowest BCUT2D eigenvalue weighted by Crippen LogP contribution is -2.11. The normalized spacial score (nSPS) is 10.3. The van der Waals surface area contributed by atoms with Crippen molar-refractivity contribution in [2.24, 2.45) is 0 Å². The average Bonchev–Trinajstić information content (AvgIpc) is 2.82. The van der Waals surface area contributed by atoms with E-state index in [-0.39, 0.29) is 23.2 Å². The molecule has 9 heteroatoms. The number of hydrogen-bond donors (Lipinski definition) is 4. The minimum Gasteiger partial charge on any atom is -0.478 e. The van der Waals surface area contributed by atoms with Gasteiger partial charge in [-0.2, -0.15) is 4.98 Å². The third-order valence-corrected chi connectivity index (χ3v) is 4.55. The van der Waals surface area contributed by atoms with Gasteiger partial charge in [0.1, 0.15) is 0 Å². The second kappa shape index (κ2) is 9.56. The van der Waals surface area contributed by atoms with Gasteiger partial charge < -0.3 is 21.1 Å². The summed E-state index contributed by atoms with van der Waals surface area (Å²) in [6.07, 6.45) is 1.00.